The first-order chi connectivity index (χ1) is 13.5. The van der Waals surface area contributed by atoms with Gasteiger partial charge in [-0.3, -0.25) is 4.79 Å². The quantitative estimate of drug-likeness (QED) is 0.398. The van der Waals surface area contributed by atoms with Gasteiger partial charge in [0.05, 0.1) is 11.6 Å². The van der Waals surface area contributed by atoms with Crippen LogP contribution in [0.4, 0.5) is 5.69 Å². The molecular formula is C21H14BrClN2O3. The fourth-order valence-electron chi connectivity index (χ4n) is 2.76. The molecular weight excluding hydrogens is 444 g/mol. The molecule has 0 saturated heterocycles. The number of oxazole rings is 1. The number of amides is 1. The molecule has 0 saturated carbocycles. The predicted molar refractivity (Wildman–Crippen MR) is 113 cm³/mol. The summed E-state index contributed by atoms with van der Waals surface area (Å²) >= 11 is 9.41. The number of carbonyl (C=O) groups is 1. The van der Waals surface area contributed by atoms with Gasteiger partial charge >= 0.3 is 0 Å². The summed E-state index contributed by atoms with van der Waals surface area (Å²) < 4.78 is 11.9. The number of ether oxygens (including phenoxy) is 1. The van der Waals surface area contributed by atoms with Gasteiger partial charge in [-0.05, 0) is 70.5 Å². The van der Waals surface area contributed by atoms with Crippen LogP contribution in [0, 0.1) is 0 Å². The molecule has 7 heteroatoms. The molecule has 5 nitrogen and oxygen atoms in total. The number of nitrogens with zero attached hydrogens (tertiary/aromatic N) is 1. The molecule has 0 atom stereocenters. The molecule has 0 spiro atoms. The van der Waals surface area contributed by atoms with E-state index in [1.54, 1.807) is 49.6 Å². The molecule has 0 aliphatic heterocycles. The lowest BCUT2D eigenvalue weighted by atomic mass is 10.2. The van der Waals surface area contributed by atoms with Gasteiger partial charge in [0.25, 0.3) is 5.91 Å². The number of nitrogens with one attached hydrogen (secondary N) is 1. The number of benzene rings is 3. The number of fused-ring (bicyclic) bond motifs is 1. The lowest BCUT2D eigenvalue weighted by Crippen LogP contribution is -2.11. The molecule has 1 heterocycles. The van der Waals surface area contributed by atoms with Gasteiger partial charge in [0.15, 0.2) is 5.58 Å². The molecule has 0 aliphatic carbocycles. The molecule has 0 bridgehead atoms. The maximum absolute atomic E-state index is 12.4. The Bertz CT molecular complexity index is 1190. The standard InChI is InChI=1S/C21H14BrClN2O3/c1-27-18-7-5-13(10-16(18)22)21-25-17-11-15(6-8-19(17)28-21)24-20(26)12-3-2-4-14(23)9-12/h2-11H,1H3,(H,24,26). The van der Waals surface area contributed by atoms with Crippen molar-refractivity contribution in [2.24, 2.45) is 0 Å². The molecule has 1 amide bonds. The second kappa shape index (κ2) is 7.66. The first-order valence-electron chi connectivity index (χ1n) is 8.35. The summed E-state index contributed by atoms with van der Waals surface area (Å²) in [4.78, 5) is 16.9. The Kier molecular flexibility index (Phi) is 5.07. The van der Waals surface area contributed by atoms with Gasteiger partial charge in [-0.1, -0.05) is 17.7 Å². The number of hydrogen-bond donors (Lipinski definition) is 1. The van der Waals surface area contributed by atoms with E-state index in [-0.39, 0.29) is 5.91 Å². The van der Waals surface area contributed by atoms with E-state index in [9.17, 15) is 4.79 Å². The first kappa shape index (κ1) is 18.5. The predicted octanol–water partition coefficient (Wildman–Crippen LogP) is 6.17. The van der Waals surface area contributed by atoms with E-state index in [0.29, 0.717) is 33.3 Å². The van der Waals surface area contributed by atoms with Crippen molar-refractivity contribution >= 4 is 50.2 Å². The zero-order chi connectivity index (χ0) is 19.7. The number of anilines is 1. The van der Waals surface area contributed by atoms with Crippen molar-refractivity contribution in [1.82, 2.24) is 4.98 Å². The molecule has 0 aliphatic rings. The Balaban J connectivity index is 1.61. The Morgan fingerprint density at radius 2 is 2.00 bits per heavy atom. The van der Waals surface area contributed by atoms with Crippen molar-refractivity contribution in [3.63, 3.8) is 0 Å². The summed E-state index contributed by atoms with van der Waals surface area (Å²) in [6.45, 7) is 0. The van der Waals surface area contributed by atoms with Crippen LogP contribution in [-0.4, -0.2) is 18.0 Å². The average Bonchev–Trinajstić information content (AvgIpc) is 3.11. The third-order valence-electron chi connectivity index (χ3n) is 4.13. The van der Waals surface area contributed by atoms with Crippen LogP contribution < -0.4 is 10.1 Å². The fraction of sp³-hybridized carbons (Fsp3) is 0.0476. The van der Waals surface area contributed by atoms with E-state index in [1.807, 2.05) is 18.2 Å². The summed E-state index contributed by atoms with van der Waals surface area (Å²) in [6, 6.07) is 17.7. The Hall–Kier alpha value is -2.83. The van der Waals surface area contributed by atoms with Crippen LogP contribution in [0.3, 0.4) is 0 Å². The van der Waals surface area contributed by atoms with E-state index >= 15 is 0 Å². The minimum Gasteiger partial charge on any atom is -0.496 e. The number of hydrogen-bond acceptors (Lipinski definition) is 4. The van der Waals surface area contributed by atoms with E-state index < -0.39 is 0 Å². The topological polar surface area (TPSA) is 64.4 Å². The molecule has 0 fully saturated rings. The second-order valence-corrected chi connectivity index (χ2v) is 7.31. The van der Waals surface area contributed by atoms with Gasteiger partial charge in [0.2, 0.25) is 5.89 Å². The van der Waals surface area contributed by atoms with Crippen LogP contribution in [0.25, 0.3) is 22.6 Å². The monoisotopic (exact) mass is 456 g/mol. The van der Waals surface area contributed by atoms with Crippen molar-refractivity contribution in [1.29, 1.82) is 0 Å². The number of halogens is 2. The van der Waals surface area contributed by atoms with Crippen molar-refractivity contribution in [3.05, 3.63) is 75.7 Å². The lowest BCUT2D eigenvalue weighted by Gasteiger charge is -2.05. The largest absolute Gasteiger partial charge is 0.496 e. The van der Waals surface area contributed by atoms with Crippen molar-refractivity contribution in [2.45, 2.75) is 0 Å². The molecule has 3 aromatic carbocycles. The second-order valence-electron chi connectivity index (χ2n) is 6.02. The van der Waals surface area contributed by atoms with Gasteiger partial charge < -0.3 is 14.5 Å². The van der Waals surface area contributed by atoms with Gasteiger partial charge in [-0.2, -0.15) is 0 Å². The van der Waals surface area contributed by atoms with E-state index in [0.717, 1.165) is 15.8 Å². The van der Waals surface area contributed by atoms with Crippen LogP contribution in [0.2, 0.25) is 5.02 Å². The molecule has 140 valence electrons. The zero-order valence-corrected chi connectivity index (χ0v) is 17.0. The van der Waals surface area contributed by atoms with Gasteiger partial charge in [0, 0.05) is 21.8 Å². The lowest BCUT2D eigenvalue weighted by molar-refractivity contribution is 0.102. The fourth-order valence-corrected chi connectivity index (χ4v) is 3.49. The highest BCUT2D eigenvalue weighted by atomic mass is 79.9. The van der Waals surface area contributed by atoms with E-state index in [1.165, 1.54) is 0 Å². The third-order valence-corrected chi connectivity index (χ3v) is 4.99. The molecule has 1 aromatic heterocycles. The Labute approximate surface area is 174 Å². The number of carbonyl (C=O) groups excluding carboxylic acids is 1. The maximum Gasteiger partial charge on any atom is 0.255 e. The van der Waals surface area contributed by atoms with Crippen LogP contribution >= 0.6 is 27.5 Å². The highest BCUT2D eigenvalue weighted by Gasteiger charge is 2.12. The van der Waals surface area contributed by atoms with Crippen molar-refractivity contribution in [2.75, 3.05) is 12.4 Å². The number of aromatic nitrogens is 1. The van der Waals surface area contributed by atoms with Gasteiger partial charge in [-0.25, -0.2) is 4.98 Å². The summed E-state index contributed by atoms with van der Waals surface area (Å²) in [7, 11) is 1.61. The highest BCUT2D eigenvalue weighted by molar-refractivity contribution is 9.10. The zero-order valence-electron chi connectivity index (χ0n) is 14.7. The molecule has 4 rings (SSSR count). The van der Waals surface area contributed by atoms with Crippen molar-refractivity contribution in [3.8, 4) is 17.2 Å². The van der Waals surface area contributed by atoms with Crippen LogP contribution in [0.15, 0.2) is 69.6 Å². The SMILES string of the molecule is COc1ccc(-c2nc3cc(NC(=O)c4cccc(Cl)c4)ccc3o2)cc1Br. The minimum atomic E-state index is -0.246. The van der Waals surface area contributed by atoms with Gasteiger partial charge in [0.1, 0.15) is 11.3 Å². The number of methoxy groups -OCH3 is 1. The summed E-state index contributed by atoms with van der Waals surface area (Å²) in [5, 5.41) is 3.36. The minimum absolute atomic E-state index is 0.246. The van der Waals surface area contributed by atoms with Crippen LogP contribution in [0.5, 0.6) is 5.75 Å². The van der Waals surface area contributed by atoms with Gasteiger partial charge in [-0.15, -0.1) is 0 Å². The third kappa shape index (κ3) is 3.74. The first-order valence-corrected chi connectivity index (χ1v) is 9.52. The molecule has 28 heavy (non-hydrogen) atoms. The summed E-state index contributed by atoms with van der Waals surface area (Å²) in [5.41, 5.74) is 3.19. The summed E-state index contributed by atoms with van der Waals surface area (Å²) in [6.07, 6.45) is 0. The molecule has 0 radical (unpaired) electrons. The average molecular weight is 458 g/mol. The summed E-state index contributed by atoms with van der Waals surface area (Å²) in [5.74, 6) is 0.965. The molecule has 0 unspecified atom stereocenters. The highest BCUT2D eigenvalue weighted by Crippen LogP contribution is 2.32. The maximum atomic E-state index is 12.4. The van der Waals surface area contributed by atoms with Crippen molar-refractivity contribution < 1.29 is 13.9 Å². The molecule has 4 aromatic rings. The smallest absolute Gasteiger partial charge is 0.255 e. The van der Waals surface area contributed by atoms with E-state index in [2.05, 4.69) is 26.2 Å². The Morgan fingerprint density at radius 3 is 2.75 bits per heavy atom. The normalized spacial score (nSPS) is 10.8. The van der Waals surface area contributed by atoms with E-state index in [4.69, 9.17) is 20.8 Å². The number of rotatable bonds is 4. The van der Waals surface area contributed by atoms with Crippen LogP contribution in [-0.2, 0) is 0 Å². The Morgan fingerprint density at radius 1 is 1.14 bits per heavy atom. The van der Waals surface area contributed by atoms with Crippen LogP contribution in [0.1, 0.15) is 10.4 Å². The molecule has 1 N–H and O–H groups in total.